The fourth-order valence-corrected chi connectivity index (χ4v) is 3.63. The second kappa shape index (κ2) is 9.78. The highest BCUT2D eigenvalue weighted by atomic mass is 35.5. The van der Waals surface area contributed by atoms with Gasteiger partial charge in [-0.05, 0) is 37.8 Å². The second-order valence-electron chi connectivity index (χ2n) is 6.97. The van der Waals surface area contributed by atoms with Gasteiger partial charge >= 0.3 is 0 Å². The van der Waals surface area contributed by atoms with Crippen molar-refractivity contribution in [3.8, 4) is 5.75 Å². The molecule has 0 radical (unpaired) electrons. The number of likely N-dealkylation sites (tertiary alicyclic amines) is 2. The Labute approximate surface area is 161 Å². The van der Waals surface area contributed by atoms with Gasteiger partial charge in [-0.3, -0.25) is 9.59 Å². The molecule has 3 rings (SSSR count). The summed E-state index contributed by atoms with van der Waals surface area (Å²) in [5.41, 5.74) is 5.99. The van der Waals surface area contributed by atoms with E-state index < -0.39 is 0 Å². The third kappa shape index (κ3) is 5.35. The number of carbonyl (C=O) groups excluding carboxylic acids is 2. The lowest BCUT2D eigenvalue weighted by atomic mass is 9.95. The molecule has 2 heterocycles. The summed E-state index contributed by atoms with van der Waals surface area (Å²) in [7, 11) is 0. The maximum absolute atomic E-state index is 12.7. The van der Waals surface area contributed by atoms with Gasteiger partial charge in [0, 0.05) is 32.2 Å². The third-order valence-corrected chi connectivity index (χ3v) is 5.00. The summed E-state index contributed by atoms with van der Waals surface area (Å²) in [5, 5.41) is 0. The van der Waals surface area contributed by atoms with Gasteiger partial charge in [0.15, 0.2) is 6.61 Å². The van der Waals surface area contributed by atoms with Crippen LogP contribution in [-0.2, 0) is 9.59 Å². The van der Waals surface area contributed by atoms with Crippen molar-refractivity contribution in [3.63, 3.8) is 0 Å². The fourth-order valence-electron chi connectivity index (χ4n) is 3.63. The number of nitrogens with two attached hydrogens (primary N) is 1. The molecule has 2 unspecified atom stereocenters. The average molecular weight is 382 g/mol. The largest absolute Gasteiger partial charge is 0.484 e. The average Bonchev–Trinajstić information content (AvgIpc) is 2.66. The number of hydrogen-bond donors (Lipinski definition) is 1. The maximum atomic E-state index is 12.7. The number of hydrogen-bond acceptors (Lipinski definition) is 4. The lowest BCUT2D eigenvalue weighted by Crippen LogP contribution is -2.51. The molecule has 2 aliphatic rings. The molecule has 0 aromatic heterocycles. The molecule has 6 nitrogen and oxygen atoms in total. The maximum Gasteiger partial charge on any atom is 0.260 e. The summed E-state index contributed by atoms with van der Waals surface area (Å²) in [6, 6.07) is 9.39. The van der Waals surface area contributed by atoms with Gasteiger partial charge in [-0.2, -0.15) is 0 Å². The van der Waals surface area contributed by atoms with Gasteiger partial charge in [-0.25, -0.2) is 0 Å². The Hall–Kier alpha value is -1.79. The number of ether oxygens (including phenoxy) is 1. The molecule has 0 saturated carbocycles. The number of carbonyl (C=O) groups is 2. The number of halogens is 1. The molecule has 2 saturated heterocycles. The van der Waals surface area contributed by atoms with Crippen molar-refractivity contribution in [1.29, 1.82) is 0 Å². The van der Waals surface area contributed by atoms with Crippen LogP contribution in [0.3, 0.4) is 0 Å². The molecular formula is C19H28ClN3O3. The van der Waals surface area contributed by atoms with Crippen LogP contribution in [0.25, 0.3) is 0 Å². The quantitative estimate of drug-likeness (QED) is 0.860. The predicted octanol–water partition coefficient (Wildman–Crippen LogP) is 1.68. The van der Waals surface area contributed by atoms with Crippen LogP contribution in [-0.4, -0.2) is 60.4 Å². The Morgan fingerprint density at radius 1 is 1.04 bits per heavy atom. The van der Waals surface area contributed by atoms with E-state index in [1.807, 2.05) is 35.2 Å². The lowest BCUT2D eigenvalue weighted by molar-refractivity contribution is -0.142. The Morgan fingerprint density at radius 3 is 2.46 bits per heavy atom. The minimum absolute atomic E-state index is 0. The Bertz CT molecular complexity index is 599. The highest BCUT2D eigenvalue weighted by Crippen LogP contribution is 2.21. The monoisotopic (exact) mass is 381 g/mol. The van der Waals surface area contributed by atoms with Crippen molar-refractivity contribution >= 4 is 24.2 Å². The van der Waals surface area contributed by atoms with Crippen LogP contribution in [0.1, 0.15) is 25.7 Å². The van der Waals surface area contributed by atoms with Crippen LogP contribution in [0.15, 0.2) is 30.3 Å². The first-order valence-corrected chi connectivity index (χ1v) is 9.13. The third-order valence-electron chi connectivity index (χ3n) is 5.00. The van der Waals surface area contributed by atoms with Gasteiger partial charge in [0.1, 0.15) is 5.75 Å². The molecule has 144 valence electrons. The summed E-state index contributed by atoms with van der Waals surface area (Å²) < 4.78 is 5.54. The van der Waals surface area contributed by atoms with Crippen molar-refractivity contribution in [3.05, 3.63) is 30.3 Å². The SMILES string of the molecule is Cl.NC1CCCN(C(=O)C2CCCN(C(=O)COc3ccccc3)C2)C1. The number of para-hydroxylation sites is 1. The smallest absolute Gasteiger partial charge is 0.260 e. The molecule has 2 N–H and O–H groups in total. The normalized spacial score (nSPS) is 23.1. The molecule has 0 aliphatic carbocycles. The minimum atomic E-state index is -0.111. The van der Waals surface area contributed by atoms with Gasteiger partial charge in [-0.1, -0.05) is 18.2 Å². The fraction of sp³-hybridized carbons (Fsp3) is 0.579. The molecule has 2 fully saturated rings. The molecular weight excluding hydrogens is 354 g/mol. The van der Waals surface area contributed by atoms with Crippen molar-refractivity contribution in [2.24, 2.45) is 11.7 Å². The number of nitrogens with zero attached hydrogens (tertiary/aromatic N) is 2. The number of amides is 2. The van der Waals surface area contributed by atoms with Gasteiger partial charge in [0.25, 0.3) is 5.91 Å². The van der Waals surface area contributed by atoms with E-state index in [1.54, 1.807) is 4.90 Å². The lowest BCUT2D eigenvalue weighted by Gasteiger charge is -2.37. The molecule has 7 heteroatoms. The van der Waals surface area contributed by atoms with E-state index in [9.17, 15) is 9.59 Å². The van der Waals surface area contributed by atoms with E-state index in [2.05, 4.69) is 0 Å². The van der Waals surface area contributed by atoms with E-state index in [-0.39, 0.29) is 42.8 Å². The van der Waals surface area contributed by atoms with Crippen LogP contribution < -0.4 is 10.5 Å². The summed E-state index contributed by atoms with van der Waals surface area (Å²) >= 11 is 0. The summed E-state index contributed by atoms with van der Waals surface area (Å²) in [6.07, 6.45) is 3.64. The second-order valence-corrected chi connectivity index (χ2v) is 6.97. The summed E-state index contributed by atoms with van der Waals surface area (Å²) in [4.78, 5) is 28.8. The minimum Gasteiger partial charge on any atom is -0.484 e. The van der Waals surface area contributed by atoms with Crippen LogP contribution in [0.4, 0.5) is 0 Å². The standard InChI is InChI=1S/C19H27N3O3.ClH/c20-16-7-5-11-22(13-16)19(24)15-6-4-10-21(12-15)18(23)14-25-17-8-2-1-3-9-17;/h1-3,8-9,15-16H,4-7,10-14,20H2;1H. The molecule has 26 heavy (non-hydrogen) atoms. The Morgan fingerprint density at radius 2 is 1.73 bits per heavy atom. The van der Waals surface area contributed by atoms with Crippen LogP contribution in [0.2, 0.25) is 0 Å². The number of piperidine rings is 2. The number of rotatable bonds is 4. The zero-order valence-corrected chi connectivity index (χ0v) is 15.8. The Balaban J connectivity index is 0.00000243. The van der Waals surface area contributed by atoms with Gasteiger partial charge in [-0.15, -0.1) is 12.4 Å². The van der Waals surface area contributed by atoms with E-state index in [0.29, 0.717) is 25.4 Å². The van der Waals surface area contributed by atoms with Crippen LogP contribution in [0, 0.1) is 5.92 Å². The van der Waals surface area contributed by atoms with Gasteiger partial charge in [0.05, 0.1) is 5.92 Å². The molecule has 0 spiro atoms. The van der Waals surface area contributed by atoms with E-state index in [0.717, 1.165) is 32.2 Å². The molecule has 0 bridgehead atoms. The highest BCUT2D eigenvalue weighted by molar-refractivity contribution is 5.85. The molecule has 2 aliphatic heterocycles. The zero-order valence-electron chi connectivity index (χ0n) is 15.0. The summed E-state index contributed by atoms with van der Waals surface area (Å²) in [5.74, 6) is 0.663. The molecule has 1 aromatic carbocycles. The van der Waals surface area contributed by atoms with Gasteiger partial charge in [0.2, 0.25) is 5.91 Å². The first-order chi connectivity index (χ1) is 12.1. The number of benzene rings is 1. The topological polar surface area (TPSA) is 75.9 Å². The van der Waals surface area contributed by atoms with Crippen molar-refractivity contribution < 1.29 is 14.3 Å². The summed E-state index contributed by atoms with van der Waals surface area (Å²) in [6.45, 7) is 2.62. The van der Waals surface area contributed by atoms with E-state index in [4.69, 9.17) is 10.5 Å². The highest BCUT2D eigenvalue weighted by Gasteiger charge is 2.32. The van der Waals surface area contributed by atoms with E-state index in [1.165, 1.54) is 0 Å². The van der Waals surface area contributed by atoms with Crippen LogP contribution >= 0.6 is 12.4 Å². The van der Waals surface area contributed by atoms with Crippen molar-refractivity contribution in [2.75, 3.05) is 32.8 Å². The predicted molar refractivity (Wildman–Crippen MR) is 102 cm³/mol. The van der Waals surface area contributed by atoms with E-state index >= 15 is 0 Å². The molecule has 1 aromatic rings. The van der Waals surface area contributed by atoms with Crippen molar-refractivity contribution in [1.82, 2.24) is 9.80 Å². The zero-order chi connectivity index (χ0) is 17.6. The van der Waals surface area contributed by atoms with Crippen molar-refractivity contribution in [2.45, 2.75) is 31.7 Å². The molecule has 2 amide bonds. The molecule has 2 atom stereocenters. The Kier molecular flexibility index (Phi) is 7.72. The first-order valence-electron chi connectivity index (χ1n) is 9.13. The van der Waals surface area contributed by atoms with Crippen LogP contribution in [0.5, 0.6) is 5.75 Å². The van der Waals surface area contributed by atoms with Gasteiger partial charge < -0.3 is 20.3 Å². The first kappa shape index (κ1) is 20.5.